The second-order valence-electron chi connectivity index (χ2n) is 7.74. The minimum Gasteiger partial charge on any atom is -0.420 e. The lowest BCUT2D eigenvalue weighted by Gasteiger charge is -2.35. The number of amides is 2. The van der Waals surface area contributed by atoms with E-state index < -0.39 is 100 Å². The minimum atomic E-state index is -7.84. The van der Waals surface area contributed by atoms with Gasteiger partial charge in [0.25, 0.3) is 0 Å². The molecule has 0 aromatic heterocycles. The van der Waals surface area contributed by atoms with Crippen molar-refractivity contribution in [2.24, 2.45) is 0 Å². The van der Waals surface area contributed by atoms with Gasteiger partial charge in [0, 0.05) is 0 Å². The molecule has 1 aromatic rings. The number of imide groups is 1. The molecule has 0 aliphatic carbocycles. The Morgan fingerprint density at radius 3 is 1.09 bits per heavy atom. The summed E-state index contributed by atoms with van der Waals surface area (Å²) in [6.45, 7) is 0. The van der Waals surface area contributed by atoms with Crippen LogP contribution in [-0.2, 0) is 14.4 Å². The third kappa shape index (κ3) is 5.89. The predicted molar refractivity (Wildman–Crippen MR) is 92.4 cm³/mol. The summed E-state index contributed by atoms with van der Waals surface area (Å²) in [4.78, 5) is 32.7. The smallest absolute Gasteiger partial charge is 0.420 e. The lowest BCUT2D eigenvalue weighted by Crippen LogP contribution is -2.66. The van der Waals surface area contributed by atoms with Gasteiger partial charge in [-0.2, -0.15) is 92.2 Å². The Bertz CT molecular complexity index is 1230. The van der Waals surface area contributed by atoms with Crippen molar-refractivity contribution in [2.75, 3.05) is 4.90 Å². The van der Waals surface area contributed by atoms with Crippen LogP contribution < -0.4 is 9.64 Å². The highest BCUT2D eigenvalue weighted by Gasteiger charge is 2.81. The summed E-state index contributed by atoms with van der Waals surface area (Å²) in [6.07, 6.45) is -22.6. The van der Waals surface area contributed by atoms with Crippen LogP contribution in [0, 0.1) is 0 Å². The summed E-state index contributed by atoms with van der Waals surface area (Å²) in [5.41, 5.74) is -2.93. The van der Waals surface area contributed by atoms with Gasteiger partial charge in [-0.05, 0) is 12.1 Å². The summed E-state index contributed by atoms with van der Waals surface area (Å²) >= 11 is 0. The maximum atomic E-state index is 14.1. The van der Waals surface area contributed by atoms with Gasteiger partial charge in [0.15, 0.2) is 5.75 Å². The zero-order chi connectivity index (χ0) is 35.5. The molecular weight excluding hydrogens is 693 g/mol. The molecule has 0 aliphatic heterocycles. The van der Waals surface area contributed by atoms with Gasteiger partial charge in [0.05, 0.1) is 5.69 Å². The number of esters is 1. The van der Waals surface area contributed by atoms with Crippen LogP contribution in [-0.4, -0.2) is 71.8 Å². The van der Waals surface area contributed by atoms with E-state index in [1.54, 1.807) is 0 Å². The second kappa shape index (κ2) is 10.8. The van der Waals surface area contributed by atoms with Crippen LogP contribution in [0.4, 0.5) is 97.9 Å². The number of ether oxygens (including phenoxy) is 1. The maximum absolute atomic E-state index is 14.1. The molecule has 26 heteroatoms. The molecule has 0 bridgehead atoms. The lowest BCUT2D eigenvalue weighted by atomic mass is 10.1. The molecule has 2 amide bonds. The number of benzene rings is 1. The van der Waals surface area contributed by atoms with Crippen LogP contribution in [0.1, 0.15) is 0 Å². The second-order valence-corrected chi connectivity index (χ2v) is 7.74. The molecule has 252 valence electrons. The first-order chi connectivity index (χ1) is 19.1. The molecule has 0 spiro atoms. The van der Waals surface area contributed by atoms with E-state index in [1.165, 1.54) is 0 Å². The van der Waals surface area contributed by atoms with E-state index in [0.717, 1.165) is 0 Å². The average molecular weight is 697 g/mol. The van der Waals surface area contributed by atoms with E-state index in [-0.39, 0.29) is 12.1 Å². The van der Waals surface area contributed by atoms with Crippen molar-refractivity contribution in [3.8, 4) is 5.75 Å². The van der Waals surface area contributed by atoms with Gasteiger partial charge < -0.3 is 4.74 Å². The molecule has 0 unspecified atom stereocenters. The van der Waals surface area contributed by atoms with Gasteiger partial charge in [0.2, 0.25) is 0 Å². The van der Waals surface area contributed by atoms with Crippen molar-refractivity contribution < 1.29 is 111 Å². The van der Waals surface area contributed by atoms with E-state index in [9.17, 15) is 107 Å². The Balaban J connectivity index is 4.08. The Morgan fingerprint density at radius 2 is 0.773 bits per heavy atom. The normalized spacial score (nSPS) is 14.8. The standard InChI is InChI=1S/C18H4F21NO4/c19-10(20,13(25,26)16(31,32)33)7(41)40(8(42)11(21,22)14(27,28)17(34,35)36)5-3-1-2-4-6(5)44-9(43)12(23,24)15(29,30)18(37,38)39/h1-4H. The lowest BCUT2D eigenvalue weighted by molar-refractivity contribution is -0.346. The highest BCUT2D eigenvalue weighted by Crippen LogP contribution is 2.52. The van der Waals surface area contributed by atoms with E-state index >= 15 is 0 Å². The SMILES string of the molecule is O=C(Oc1ccccc1N(C(=O)C(F)(F)C(F)(F)C(F)(F)F)C(=O)C(F)(F)C(F)(F)C(F)(F)F)C(F)(F)C(F)(F)C(F)(F)F. The molecule has 44 heavy (non-hydrogen) atoms. The summed E-state index contributed by atoms with van der Waals surface area (Å²) in [5.74, 6) is -62.3. The summed E-state index contributed by atoms with van der Waals surface area (Å²) in [7, 11) is 0. The molecule has 5 nitrogen and oxygen atoms in total. The fourth-order valence-corrected chi connectivity index (χ4v) is 2.41. The maximum Gasteiger partial charge on any atom is 0.460 e. The monoisotopic (exact) mass is 697 g/mol. The molecule has 0 aliphatic rings. The molecule has 1 rings (SSSR count). The Labute approximate surface area is 225 Å². The van der Waals surface area contributed by atoms with Gasteiger partial charge in [-0.15, -0.1) is 0 Å². The highest BCUT2D eigenvalue weighted by atomic mass is 19.4. The minimum absolute atomic E-state index is 0.0389. The number of hydrogen-bond donors (Lipinski definition) is 0. The molecule has 0 fully saturated rings. The third-order valence-electron chi connectivity index (χ3n) is 4.76. The number of nitrogens with zero attached hydrogens (tertiary/aromatic N) is 1. The molecular formula is C18H4F21NO4. The summed E-state index contributed by atoms with van der Waals surface area (Å²) in [6, 6.07) is -1.09. The number of carbonyl (C=O) groups is 3. The van der Waals surface area contributed by atoms with Crippen molar-refractivity contribution in [1.29, 1.82) is 0 Å². The third-order valence-corrected chi connectivity index (χ3v) is 4.76. The number of para-hydroxylation sites is 2. The van der Waals surface area contributed by atoms with E-state index in [4.69, 9.17) is 0 Å². The number of halogens is 21. The van der Waals surface area contributed by atoms with Gasteiger partial charge in [-0.3, -0.25) is 9.59 Å². The number of anilines is 1. The summed E-state index contributed by atoms with van der Waals surface area (Å²) in [5, 5.41) is 0. The van der Waals surface area contributed by atoms with Crippen molar-refractivity contribution in [3.63, 3.8) is 0 Å². The van der Waals surface area contributed by atoms with Crippen LogP contribution in [0.5, 0.6) is 5.75 Å². The van der Waals surface area contributed by atoms with Gasteiger partial charge in [-0.1, -0.05) is 12.1 Å². The Morgan fingerprint density at radius 1 is 0.477 bits per heavy atom. The molecule has 0 radical (unpaired) electrons. The number of rotatable bonds is 8. The number of alkyl halides is 21. The number of carbonyl (C=O) groups excluding carboxylic acids is 3. The van der Waals surface area contributed by atoms with Crippen molar-refractivity contribution in [1.82, 2.24) is 0 Å². The molecule has 0 saturated heterocycles. The van der Waals surface area contributed by atoms with Crippen LogP contribution >= 0.6 is 0 Å². The molecule has 0 saturated carbocycles. The van der Waals surface area contributed by atoms with Crippen LogP contribution in [0.2, 0.25) is 0 Å². The molecule has 0 heterocycles. The largest absolute Gasteiger partial charge is 0.460 e. The van der Waals surface area contributed by atoms with E-state index in [1.807, 2.05) is 0 Å². The van der Waals surface area contributed by atoms with Crippen molar-refractivity contribution in [2.45, 2.75) is 54.1 Å². The topological polar surface area (TPSA) is 63.7 Å². The van der Waals surface area contributed by atoms with Crippen molar-refractivity contribution in [3.05, 3.63) is 24.3 Å². The average Bonchev–Trinajstić information content (AvgIpc) is 2.82. The molecule has 0 atom stereocenters. The molecule has 1 aromatic carbocycles. The zero-order valence-corrected chi connectivity index (χ0v) is 19.3. The fraction of sp³-hybridized carbons (Fsp3) is 0.500. The predicted octanol–water partition coefficient (Wildman–Crippen LogP) is 6.95. The Kier molecular flexibility index (Phi) is 9.39. The summed E-state index contributed by atoms with van der Waals surface area (Å²) < 4.78 is 278. The first-order valence-electron chi connectivity index (χ1n) is 9.74. The van der Waals surface area contributed by atoms with Gasteiger partial charge >= 0.3 is 71.8 Å². The molecule has 0 N–H and O–H groups in total. The highest BCUT2D eigenvalue weighted by molar-refractivity contribution is 6.20. The fourth-order valence-electron chi connectivity index (χ4n) is 2.41. The van der Waals surface area contributed by atoms with Crippen LogP contribution in [0.3, 0.4) is 0 Å². The van der Waals surface area contributed by atoms with Gasteiger partial charge in [0.1, 0.15) is 0 Å². The quantitative estimate of drug-likeness (QED) is 0.168. The zero-order valence-electron chi connectivity index (χ0n) is 19.3. The van der Waals surface area contributed by atoms with Crippen LogP contribution in [0.15, 0.2) is 24.3 Å². The Hall–Kier alpha value is -3.64. The first-order valence-corrected chi connectivity index (χ1v) is 9.74. The first kappa shape index (κ1) is 38.4. The van der Waals surface area contributed by atoms with E-state index in [2.05, 4.69) is 4.74 Å². The van der Waals surface area contributed by atoms with E-state index in [0.29, 0.717) is 0 Å². The number of hydrogen-bond acceptors (Lipinski definition) is 4. The van der Waals surface area contributed by atoms with Crippen LogP contribution in [0.25, 0.3) is 0 Å². The van der Waals surface area contributed by atoms with Crippen molar-refractivity contribution >= 4 is 23.5 Å². The van der Waals surface area contributed by atoms with Gasteiger partial charge in [-0.25, -0.2) is 9.69 Å².